The lowest BCUT2D eigenvalue weighted by Crippen LogP contribution is -2.44. The highest BCUT2D eigenvalue weighted by molar-refractivity contribution is 7.14. The summed E-state index contributed by atoms with van der Waals surface area (Å²) in [4.78, 5) is 7.46. The van der Waals surface area contributed by atoms with Crippen LogP contribution in [0.4, 0.5) is 5.82 Å². The maximum atomic E-state index is 5.74. The molecular weight excluding hydrogens is 440 g/mol. The molecule has 0 radical (unpaired) electrons. The Kier molecular flexibility index (Phi) is 5.11. The van der Waals surface area contributed by atoms with Gasteiger partial charge in [-0.05, 0) is 44.4 Å². The van der Waals surface area contributed by atoms with Crippen molar-refractivity contribution < 1.29 is 9.47 Å². The molecule has 2 fully saturated rings. The standard InChI is InChI=1S/C22H26N8O2S/c1-4-29-17(11-23-27-29)15-10-18(28-6-8-31-12-14(28)3)24-21-20(26-33-22(15)21)16-9-13(2)25-30(16)19-5-7-32-19/h9-11,14,19H,4-8,12H2,1-3H3/t14-,19?/m1/s1. The van der Waals surface area contributed by atoms with Crippen LogP contribution in [0, 0.1) is 6.92 Å². The van der Waals surface area contributed by atoms with Crippen molar-refractivity contribution in [3.05, 3.63) is 24.0 Å². The van der Waals surface area contributed by atoms with E-state index in [9.17, 15) is 0 Å². The summed E-state index contributed by atoms with van der Waals surface area (Å²) >= 11 is 1.46. The van der Waals surface area contributed by atoms with Crippen molar-refractivity contribution in [2.45, 2.75) is 46.0 Å². The van der Waals surface area contributed by atoms with E-state index in [1.54, 1.807) is 0 Å². The lowest BCUT2D eigenvalue weighted by molar-refractivity contribution is -0.105. The second kappa shape index (κ2) is 8.15. The molecule has 0 aromatic carbocycles. The predicted octanol–water partition coefficient (Wildman–Crippen LogP) is 3.29. The topological polar surface area (TPSA) is 96.0 Å². The first kappa shape index (κ1) is 20.7. The minimum absolute atomic E-state index is 0.0434. The average molecular weight is 467 g/mol. The van der Waals surface area contributed by atoms with E-state index < -0.39 is 0 Å². The molecule has 2 aliphatic heterocycles. The van der Waals surface area contributed by atoms with Crippen LogP contribution in [0.5, 0.6) is 0 Å². The third-order valence-corrected chi connectivity index (χ3v) is 7.19. The van der Waals surface area contributed by atoms with Crippen molar-refractivity contribution in [3.8, 4) is 22.6 Å². The van der Waals surface area contributed by atoms with Gasteiger partial charge in [0.1, 0.15) is 17.0 Å². The van der Waals surface area contributed by atoms with Gasteiger partial charge in [-0.2, -0.15) is 9.47 Å². The summed E-state index contributed by atoms with van der Waals surface area (Å²) in [5, 5.41) is 13.1. The number of nitrogens with zero attached hydrogens (tertiary/aromatic N) is 8. The van der Waals surface area contributed by atoms with Crippen LogP contribution in [0.2, 0.25) is 0 Å². The van der Waals surface area contributed by atoms with Crippen LogP contribution in [-0.4, -0.2) is 66.5 Å². The summed E-state index contributed by atoms with van der Waals surface area (Å²) in [5.74, 6) is 0.918. The fraction of sp³-hybridized carbons (Fsp3) is 0.500. The second-order valence-corrected chi connectivity index (χ2v) is 9.29. The molecule has 0 bridgehead atoms. The van der Waals surface area contributed by atoms with Crippen molar-refractivity contribution in [2.75, 3.05) is 31.3 Å². The molecule has 0 N–H and O–H groups in total. The molecule has 0 saturated carbocycles. The van der Waals surface area contributed by atoms with Crippen molar-refractivity contribution in [3.63, 3.8) is 0 Å². The van der Waals surface area contributed by atoms with E-state index >= 15 is 0 Å². The summed E-state index contributed by atoms with van der Waals surface area (Å²) in [6.45, 7) is 9.90. The zero-order valence-corrected chi connectivity index (χ0v) is 19.7. The van der Waals surface area contributed by atoms with Crippen LogP contribution in [0.15, 0.2) is 18.3 Å². The number of hydrogen-bond donors (Lipinski definition) is 0. The molecule has 6 rings (SSSR count). The smallest absolute Gasteiger partial charge is 0.153 e. The molecule has 2 aliphatic rings. The lowest BCUT2D eigenvalue weighted by Gasteiger charge is -2.34. The minimum Gasteiger partial charge on any atom is -0.377 e. The molecule has 33 heavy (non-hydrogen) atoms. The normalized spacial score (nSPS) is 21.0. The summed E-state index contributed by atoms with van der Waals surface area (Å²) in [5.41, 5.74) is 5.60. The fourth-order valence-electron chi connectivity index (χ4n) is 4.51. The van der Waals surface area contributed by atoms with Gasteiger partial charge in [0.05, 0.1) is 53.8 Å². The van der Waals surface area contributed by atoms with E-state index in [1.807, 2.05) is 22.5 Å². The maximum absolute atomic E-state index is 5.74. The number of rotatable bonds is 5. The largest absolute Gasteiger partial charge is 0.377 e. The Balaban J connectivity index is 1.57. The van der Waals surface area contributed by atoms with Crippen LogP contribution in [-0.2, 0) is 16.0 Å². The van der Waals surface area contributed by atoms with Crippen LogP contribution >= 0.6 is 11.5 Å². The molecule has 2 saturated heterocycles. The van der Waals surface area contributed by atoms with Crippen LogP contribution in [0.25, 0.3) is 32.9 Å². The van der Waals surface area contributed by atoms with Gasteiger partial charge in [-0.15, -0.1) is 5.10 Å². The monoisotopic (exact) mass is 466 g/mol. The summed E-state index contributed by atoms with van der Waals surface area (Å²) in [6.07, 6.45) is 2.73. The number of hydrogen-bond acceptors (Lipinski definition) is 9. The highest BCUT2D eigenvalue weighted by Crippen LogP contribution is 2.40. The minimum atomic E-state index is -0.0434. The second-order valence-electron chi connectivity index (χ2n) is 8.52. The summed E-state index contributed by atoms with van der Waals surface area (Å²) in [6, 6.07) is 4.45. The third-order valence-electron chi connectivity index (χ3n) is 6.32. The number of aromatic nitrogens is 7. The van der Waals surface area contributed by atoms with Gasteiger partial charge in [0, 0.05) is 25.1 Å². The number of morpholine rings is 1. The molecule has 4 aromatic heterocycles. The zero-order chi connectivity index (χ0) is 22.5. The van der Waals surface area contributed by atoms with E-state index in [2.05, 4.69) is 41.2 Å². The van der Waals surface area contributed by atoms with Gasteiger partial charge in [-0.3, -0.25) is 0 Å². The average Bonchev–Trinajstić information content (AvgIpc) is 3.50. The number of anilines is 1. The Labute approximate surface area is 195 Å². The van der Waals surface area contributed by atoms with E-state index in [0.717, 1.165) is 70.5 Å². The Morgan fingerprint density at radius 3 is 2.85 bits per heavy atom. The van der Waals surface area contributed by atoms with Crippen LogP contribution in [0.3, 0.4) is 0 Å². The number of pyridine rings is 1. The maximum Gasteiger partial charge on any atom is 0.153 e. The zero-order valence-electron chi connectivity index (χ0n) is 18.9. The molecule has 172 valence electrons. The number of aryl methyl sites for hydroxylation is 2. The first-order chi connectivity index (χ1) is 16.1. The summed E-state index contributed by atoms with van der Waals surface area (Å²) < 4.78 is 21.2. The molecule has 1 unspecified atom stereocenters. The molecule has 2 atom stereocenters. The van der Waals surface area contributed by atoms with Gasteiger partial charge in [0.15, 0.2) is 6.23 Å². The first-order valence-electron chi connectivity index (χ1n) is 11.4. The predicted molar refractivity (Wildman–Crippen MR) is 125 cm³/mol. The van der Waals surface area contributed by atoms with E-state index in [0.29, 0.717) is 13.2 Å². The van der Waals surface area contributed by atoms with Gasteiger partial charge >= 0.3 is 0 Å². The van der Waals surface area contributed by atoms with Gasteiger partial charge in [-0.25, -0.2) is 14.3 Å². The van der Waals surface area contributed by atoms with E-state index in [4.69, 9.17) is 23.9 Å². The van der Waals surface area contributed by atoms with Gasteiger partial charge in [-0.1, -0.05) is 5.21 Å². The third kappa shape index (κ3) is 3.42. The van der Waals surface area contributed by atoms with Crippen molar-refractivity contribution in [2.24, 2.45) is 0 Å². The summed E-state index contributed by atoms with van der Waals surface area (Å²) in [7, 11) is 0. The number of fused-ring (bicyclic) bond motifs is 1. The molecule has 10 nitrogen and oxygen atoms in total. The Morgan fingerprint density at radius 1 is 1.21 bits per heavy atom. The van der Waals surface area contributed by atoms with Crippen molar-refractivity contribution in [1.82, 2.24) is 34.1 Å². The molecule has 4 aromatic rings. The Hall–Kier alpha value is -2.89. The van der Waals surface area contributed by atoms with Gasteiger partial charge in [0.25, 0.3) is 0 Å². The van der Waals surface area contributed by atoms with Crippen molar-refractivity contribution in [1.29, 1.82) is 0 Å². The molecule has 11 heteroatoms. The molecule has 0 amide bonds. The molecular formula is C22H26N8O2S. The van der Waals surface area contributed by atoms with Gasteiger partial charge < -0.3 is 14.4 Å². The fourth-order valence-corrected chi connectivity index (χ4v) is 5.36. The molecule has 0 aliphatic carbocycles. The molecule has 6 heterocycles. The lowest BCUT2D eigenvalue weighted by atomic mass is 10.1. The Bertz CT molecular complexity index is 1310. The van der Waals surface area contributed by atoms with Crippen LogP contribution in [0.1, 0.15) is 32.2 Å². The quantitative estimate of drug-likeness (QED) is 0.442. The molecule has 0 spiro atoms. The Morgan fingerprint density at radius 2 is 2.09 bits per heavy atom. The first-order valence-corrected chi connectivity index (χ1v) is 12.1. The van der Waals surface area contributed by atoms with E-state index in [1.165, 1.54) is 11.5 Å². The van der Waals surface area contributed by atoms with Gasteiger partial charge in [0.2, 0.25) is 0 Å². The number of ether oxygens (including phenoxy) is 2. The highest BCUT2D eigenvalue weighted by Gasteiger charge is 2.29. The van der Waals surface area contributed by atoms with Crippen molar-refractivity contribution >= 4 is 27.6 Å². The highest BCUT2D eigenvalue weighted by atomic mass is 32.1. The van der Waals surface area contributed by atoms with E-state index in [-0.39, 0.29) is 12.3 Å². The SMILES string of the molecule is CCn1nncc1-c1cc(N2CCOC[C@H]2C)nc2c(-c3cc(C)nn3C3CCO3)nsc12. The van der Waals surface area contributed by atoms with Crippen LogP contribution < -0.4 is 4.90 Å².